The normalized spacial score (nSPS) is 10.6. The molecule has 0 unspecified atom stereocenters. The number of methoxy groups -OCH3 is 1. The fourth-order valence-corrected chi connectivity index (χ4v) is 4.16. The number of hydrogen-bond acceptors (Lipinski definition) is 8. The van der Waals surface area contributed by atoms with Gasteiger partial charge in [-0.2, -0.15) is 0 Å². The van der Waals surface area contributed by atoms with Crippen molar-refractivity contribution in [1.29, 1.82) is 0 Å². The molecule has 0 bridgehead atoms. The third kappa shape index (κ3) is 5.53. The van der Waals surface area contributed by atoms with Crippen LogP contribution in [0.2, 0.25) is 0 Å². The molecule has 9 nitrogen and oxygen atoms in total. The molecule has 33 heavy (non-hydrogen) atoms. The molecule has 2 aromatic heterocycles. The number of nitro benzene ring substituents is 1. The molecule has 10 heteroatoms. The van der Waals surface area contributed by atoms with Gasteiger partial charge in [0.1, 0.15) is 0 Å². The van der Waals surface area contributed by atoms with Crippen molar-refractivity contribution in [3.63, 3.8) is 0 Å². The van der Waals surface area contributed by atoms with E-state index in [9.17, 15) is 24.5 Å². The minimum atomic E-state index is -0.955. The molecule has 0 aliphatic carbocycles. The second-order valence-corrected chi connectivity index (χ2v) is 8.31. The van der Waals surface area contributed by atoms with Gasteiger partial charge < -0.3 is 14.0 Å². The highest BCUT2D eigenvalue weighted by molar-refractivity contribution is 7.09. The fraction of sp³-hybridized carbons (Fsp3) is 0.261. The highest BCUT2D eigenvalue weighted by Crippen LogP contribution is 2.21. The Kier molecular flexibility index (Phi) is 7.39. The van der Waals surface area contributed by atoms with E-state index < -0.39 is 34.9 Å². The standard InChI is InChI=1S/C23H22N2O7S/c1-14-9-20(15(2)24(14)7-6-19-5-4-8-33-19)21(26)13-32-23(28)17-10-16(22(27)31-3)11-18(12-17)25(29)30/h4-5,8-12H,6-7,13H2,1-3H3. The molecule has 0 saturated carbocycles. The van der Waals surface area contributed by atoms with E-state index in [4.69, 9.17) is 4.74 Å². The van der Waals surface area contributed by atoms with Crippen molar-refractivity contribution in [2.75, 3.05) is 13.7 Å². The first kappa shape index (κ1) is 23.9. The molecule has 1 aromatic carbocycles. The van der Waals surface area contributed by atoms with E-state index in [-0.39, 0.29) is 11.1 Å². The third-order valence-electron chi connectivity index (χ3n) is 5.16. The van der Waals surface area contributed by atoms with Crippen LogP contribution in [-0.4, -0.2) is 40.9 Å². The van der Waals surface area contributed by atoms with E-state index in [1.165, 1.54) is 4.88 Å². The Morgan fingerprint density at radius 3 is 2.39 bits per heavy atom. The number of non-ortho nitro benzene ring substituents is 1. The largest absolute Gasteiger partial charge is 0.465 e. The number of aromatic nitrogens is 1. The number of carbonyl (C=O) groups excluding carboxylic acids is 3. The van der Waals surface area contributed by atoms with Gasteiger partial charge in [0.05, 0.1) is 23.2 Å². The van der Waals surface area contributed by atoms with Gasteiger partial charge in [-0.15, -0.1) is 11.3 Å². The Balaban J connectivity index is 1.71. The van der Waals surface area contributed by atoms with Gasteiger partial charge in [-0.1, -0.05) is 6.07 Å². The minimum Gasteiger partial charge on any atom is -0.465 e. The van der Waals surface area contributed by atoms with Crippen molar-refractivity contribution in [2.24, 2.45) is 0 Å². The van der Waals surface area contributed by atoms with Crippen LogP contribution >= 0.6 is 11.3 Å². The Morgan fingerprint density at radius 2 is 1.79 bits per heavy atom. The first-order chi connectivity index (χ1) is 15.7. The maximum absolute atomic E-state index is 12.7. The highest BCUT2D eigenvalue weighted by atomic mass is 32.1. The second-order valence-electron chi connectivity index (χ2n) is 7.28. The SMILES string of the molecule is COC(=O)c1cc(C(=O)OCC(=O)c2cc(C)n(CCc3cccs3)c2C)cc([N+](=O)[O-])c1. The lowest BCUT2D eigenvalue weighted by molar-refractivity contribution is -0.384. The van der Waals surface area contributed by atoms with Crippen LogP contribution in [-0.2, 0) is 22.4 Å². The van der Waals surface area contributed by atoms with Crippen LogP contribution in [0, 0.1) is 24.0 Å². The molecular formula is C23H22N2O7S. The van der Waals surface area contributed by atoms with E-state index >= 15 is 0 Å². The first-order valence-corrected chi connectivity index (χ1v) is 10.9. The molecule has 172 valence electrons. The molecule has 0 aliphatic heterocycles. The zero-order valence-corrected chi connectivity index (χ0v) is 19.1. The van der Waals surface area contributed by atoms with Crippen LogP contribution < -0.4 is 0 Å². The number of carbonyl (C=O) groups is 3. The van der Waals surface area contributed by atoms with Crippen molar-refractivity contribution in [3.8, 4) is 0 Å². The van der Waals surface area contributed by atoms with E-state index in [0.29, 0.717) is 5.56 Å². The van der Waals surface area contributed by atoms with E-state index in [0.717, 1.165) is 49.7 Å². The van der Waals surface area contributed by atoms with E-state index in [1.54, 1.807) is 17.4 Å². The van der Waals surface area contributed by atoms with Crippen molar-refractivity contribution in [1.82, 2.24) is 4.57 Å². The van der Waals surface area contributed by atoms with Crippen molar-refractivity contribution >= 4 is 34.7 Å². The van der Waals surface area contributed by atoms with Gasteiger partial charge in [0, 0.05) is 40.5 Å². The maximum atomic E-state index is 12.7. The fourth-order valence-electron chi connectivity index (χ4n) is 3.47. The predicted octanol–water partition coefficient (Wildman–Crippen LogP) is 4.14. The average molecular weight is 471 g/mol. The van der Waals surface area contributed by atoms with Crippen LogP contribution in [0.1, 0.15) is 47.3 Å². The summed E-state index contributed by atoms with van der Waals surface area (Å²) in [7, 11) is 1.12. The molecule has 3 rings (SSSR count). The summed E-state index contributed by atoms with van der Waals surface area (Å²) in [5, 5.41) is 13.2. The number of thiophene rings is 1. The number of ether oxygens (including phenoxy) is 2. The predicted molar refractivity (Wildman–Crippen MR) is 121 cm³/mol. The van der Waals surface area contributed by atoms with E-state index in [1.807, 2.05) is 29.9 Å². The van der Waals surface area contributed by atoms with E-state index in [2.05, 4.69) is 10.8 Å². The molecule has 3 aromatic rings. The highest BCUT2D eigenvalue weighted by Gasteiger charge is 2.21. The lowest BCUT2D eigenvalue weighted by Crippen LogP contribution is -2.16. The molecule has 0 fully saturated rings. The Labute approximate surface area is 193 Å². The smallest absolute Gasteiger partial charge is 0.338 e. The number of benzene rings is 1. The van der Waals surface area contributed by atoms with Gasteiger partial charge in [0.15, 0.2) is 6.61 Å². The molecule has 0 amide bonds. The molecule has 0 saturated heterocycles. The second kappa shape index (κ2) is 10.2. The van der Waals surface area contributed by atoms with Crippen molar-refractivity contribution in [3.05, 3.63) is 84.8 Å². The zero-order chi connectivity index (χ0) is 24.1. The number of hydrogen-bond donors (Lipinski definition) is 0. The average Bonchev–Trinajstić information content (AvgIpc) is 3.42. The number of aryl methyl sites for hydroxylation is 2. The molecule has 0 N–H and O–H groups in total. The molecular weight excluding hydrogens is 448 g/mol. The molecule has 0 radical (unpaired) electrons. The van der Waals surface area contributed by atoms with Crippen LogP contribution in [0.3, 0.4) is 0 Å². The monoisotopic (exact) mass is 470 g/mol. The van der Waals surface area contributed by atoms with Crippen molar-refractivity contribution < 1.29 is 28.8 Å². The van der Waals surface area contributed by atoms with Crippen LogP contribution in [0.25, 0.3) is 0 Å². The number of ketones is 1. The topological polar surface area (TPSA) is 118 Å². The molecule has 0 atom stereocenters. The summed E-state index contributed by atoms with van der Waals surface area (Å²) >= 11 is 1.67. The quantitative estimate of drug-likeness (QED) is 0.200. The number of nitrogens with zero attached hydrogens (tertiary/aromatic N) is 2. The van der Waals surface area contributed by atoms with Crippen molar-refractivity contribution in [2.45, 2.75) is 26.8 Å². The third-order valence-corrected chi connectivity index (χ3v) is 6.09. The summed E-state index contributed by atoms with van der Waals surface area (Å²) in [4.78, 5) is 48.6. The Morgan fingerprint density at radius 1 is 1.09 bits per heavy atom. The lowest BCUT2D eigenvalue weighted by atomic mass is 10.1. The summed E-state index contributed by atoms with van der Waals surface area (Å²) in [5.74, 6) is -2.18. The molecule has 0 aliphatic rings. The summed E-state index contributed by atoms with van der Waals surface area (Å²) in [6, 6.07) is 8.91. The number of rotatable bonds is 9. The molecule has 2 heterocycles. The van der Waals surface area contributed by atoms with Gasteiger partial charge in [0.2, 0.25) is 5.78 Å². The van der Waals surface area contributed by atoms with Gasteiger partial charge in [-0.3, -0.25) is 14.9 Å². The van der Waals surface area contributed by atoms with Gasteiger partial charge >= 0.3 is 11.9 Å². The summed E-state index contributed by atoms with van der Waals surface area (Å²) in [5.41, 5.74) is 1.28. The Bertz CT molecular complexity index is 1210. The number of esters is 2. The van der Waals surface area contributed by atoms with Crippen LogP contribution in [0.5, 0.6) is 0 Å². The summed E-state index contributed by atoms with van der Waals surface area (Å²) in [6.45, 7) is 3.92. The van der Waals surface area contributed by atoms with Gasteiger partial charge in [0.25, 0.3) is 5.69 Å². The number of nitro groups is 1. The maximum Gasteiger partial charge on any atom is 0.338 e. The van der Waals surface area contributed by atoms with Crippen LogP contribution in [0.15, 0.2) is 41.8 Å². The summed E-state index contributed by atoms with van der Waals surface area (Å²) < 4.78 is 11.7. The Hall–Kier alpha value is -3.79. The summed E-state index contributed by atoms with van der Waals surface area (Å²) in [6.07, 6.45) is 0.839. The van der Waals surface area contributed by atoms with Gasteiger partial charge in [-0.05, 0) is 43.8 Å². The zero-order valence-electron chi connectivity index (χ0n) is 18.3. The lowest BCUT2D eigenvalue weighted by Gasteiger charge is -2.09. The number of Topliss-reactive ketones (excluding diaryl/α,β-unsaturated/α-hetero) is 1. The van der Waals surface area contributed by atoms with Gasteiger partial charge in [-0.25, -0.2) is 9.59 Å². The molecule has 0 spiro atoms. The first-order valence-electron chi connectivity index (χ1n) is 9.98. The minimum absolute atomic E-state index is 0.167. The van der Waals surface area contributed by atoms with Crippen LogP contribution in [0.4, 0.5) is 5.69 Å².